The molecule has 1 heterocycles. The van der Waals surface area contributed by atoms with Crippen molar-refractivity contribution in [2.75, 3.05) is 12.9 Å². The summed E-state index contributed by atoms with van der Waals surface area (Å²) in [7, 11) is 1.63. The SMILES string of the molecule is COc1ccc2nc(SCC(N)C(=O)O)cc(C)c2c1. The maximum Gasteiger partial charge on any atom is 0.321 e. The van der Waals surface area contributed by atoms with Crippen molar-refractivity contribution in [3.8, 4) is 5.75 Å². The van der Waals surface area contributed by atoms with Gasteiger partial charge in [-0.05, 0) is 36.8 Å². The third-order valence-corrected chi connectivity index (χ3v) is 3.96. The fraction of sp³-hybridized carbons (Fsp3) is 0.286. The van der Waals surface area contributed by atoms with Gasteiger partial charge in [0, 0.05) is 11.1 Å². The molecule has 1 aromatic heterocycles. The maximum atomic E-state index is 10.7. The van der Waals surface area contributed by atoms with E-state index in [9.17, 15) is 4.79 Å². The lowest BCUT2D eigenvalue weighted by atomic mass is 10.1. The van der Waals surface area contributed by atoms with Crippen LogP contribution in [0.1, 0.15) is 5.56 Å². The van der Waals surface area contributed by atoms with Crippen LogP contribution in [-0.2, 0) is 4.79 Å². The van der Waals surface area contributed by atoms with Crippen LogP contribution >= 0.6 is 11.8 Å². The number of methoxy groups -OCH3 is 1. The average molecular weight is 292 g/mol. The molecular formula is C14H16N2O3S. The second kappa shape index (κ2) is 6.11. The smallest absolute Gasteiger partial charge is 0.321 e. The molecule has 0 fully saturated rings. The van der Waals surface area contributed by atoms with Crippen molar-refractivity contribution in [3.63, 3.8) is 0 Å². The number of hydrogen-bond donors (Lipinski definition) is 2. The van der Waals surface area contributed by atoms with Crippen LogP contribution in [0.2, 0.25) is 0 Å². The summed E-state index contributed by atoms with van der Waals surface area (Å²) >= 11 is 1.35. The lowest BCUT2D eigenvalue weighted by molar-refractivity contribution is -0.137. The number of carbonyl (C=O) groups is 1. The Kier molecular flexibility index (Phi) is 4.46. The predicted octanol–water partition coefficient (Wildman–Crippen LogP) is 2.06. The highest BCUT2D eigenvalue weighted by atomic mass is 32.2. The highest BCUT2D eigenvalue weighted by molar-refractivity contribution is 7.99. The molecule has 0 aliphatic rings. The molecule has 0 spiro atoms. The van der Waals surface area contributed by atoms with E-state index in [2.05, 4.69) is 4.98 Å². The van der Waals surface area contributed by atoms with Gasteiger partial charge in [0.05, 0.1) is 17.7 Å². The molecule has 0 saturated heterocycles. The third-order valence-electron chi connectivity index (χ3n) is 2.93. The Labute approximate surface area is 121 Å². The van der Waals surface area contributed by atoms with E-state index in [1.807, 2.05) is 31.2 Å². The summed E-state index contributed by atoms with van der Waals surface area (Å²) < 4.78 is 5.20. The van der Waals surface area contributed by atoms with Crippen LogP contribution in [-0.4, -0.2) is 35.0 Å². The molecule has 0 saturated carbocycles. The van der Waals surface area contributed by atoms with Crippen molar-refractivity contribution < 1.29 is 14.6 Å². The maximum absolute atomic E-state index is 10.7. The fourth-order valence-electron chi connectivity index (χ4n) is 1.79. The minimum Gasteiger partial charge on any atom is -0.497 e. The van der Waals surface area contributed by atoms with Crippen LogP contribution in [0.3, 0.4) is 0 Å². The van der Waals surface area contributed by atoms with E-state index in [0.29, 0.717) is 5.75 Å². The van der Waals surface area contributed by atoms with Gasteiger partial charge in [0.2, 0.25) is 0 Å². The number of nitrogens with zero attached hydrogens (tertiary/aromatic N) is 1. The van der Waals surface area contributed by atoms with Gasteiger partial charge in [-0.1, -0.05) is 0 Å². The van der Waals surface area contributed by atoms with Crippen molar-refractivity contribution in [2.45, 2.75) is 18.0 Å². The Morgan fingerprint density at radius 3 is 2.90 bits per heavy atom. The molecule has 20 heavy (non-hydrogen) atoms. The minimum absolute atomic E-state index is 0.295. The summed E-state index contributed by atoms with van der Waals surface area (Å²) in [4.78, 5) is 15.2. The Balaban J connectivity index is 2.26. The van der Waals surface area contributed by atoms with Crippen LogP contribution in [0, 0.1) is 6.92 Å². The van der Waals surface area contributed by atoms with E-state index in [4.69, 9.17) is 15.6 Å². The van der Waals surface area contributed by atoms with Gasteiger partial charge in [0.1, 0.15) is 11.8 Å². The van der Waals surface area contributed by atoms with Crippen molar-refractivity contribution in [2.24, 2.45) is 5.73 Å². The van der Waals surface area contributed by atoms with E-state index in [1.54, 1.807) is 7.11 Å². The van der Waals surface area contributed by atoms with Gasteiger partial charge in [-0.25, -0.2) is 4.98 Å². The highest BCUT2D eigenvalue weighted by Gasteiger charge is 2.13. The van der Waals surface area contributed by atoms with Gasteiger partial charge in [0.25, 0.3) is 0 Å². The standard InChI is InChI=1S/C14H16N2O3S/c1-8-5-13(20-7-11(15)14(17)18)16-12-4-3-9(19-2)6-10(8)12/h3-6,11H,7,15H2,1-2H3,(H,17,18). The molecule has 3 N–H and O–H groups in total. The molecule has 0 radical (unpaired) electrons. The number of pyridine rings is 1. The molecule has 0 aliphatic heterocycles. The van der Waals surface area contributed by atoms with Gasteiger partial charge in [-0.3, -0.25) is 4.79 Å². The third kappa shape index (κ3) is 3.20. The van der Waals surface area contributed by atoms with Gasteiger partial charge < -0.3 is 15.6 Å². The number of fused-ring (bicyclic) bond motifs is 1. The largest absolute Gasteiger partial charge is 0.497 e. The Bertz CT molecular complexity index is 646. The normalized spacial score (nSPS) is 12.3. The van der Waals surface area contributed by atoms with Gasteiger partial charge >= 0.3 is 5.97 Å². The number of carboxylic acids is 1. The van der Waals surface area contributed by atoms with Gasteiger partial charge in [0.15, 0.2) is 0 Å². The van der Waals surface area contributed by atoms with Crippen molar-refractivity contribution in [1.29, 1.82) is 0 Å². The zero-order chi connectivity index (χ0) is 14.7. The second-order valence-electron chi connectivity index (χ2n) is 4.42. The first kappa shape index (κ1) is 14.6. The highest BCUT2D eigenvalue weighted by Crippen LogP contribution is 2.26. The first-order valence-electron chi connectivity index (χ1n) is 6.08. The number of rotatable bonds is 5. The molecule has 2 rings (SSSR count). The number of carboxylic acid groups (broad SMARTS) is 1. The summed E-state index contributed by atoms with van der Waals surface area (Å²) in [6.07, 6.45) is 0. The monoisotopic (exact) mass is 292 g/mol. The Hall–Kier alpha value is -1.79. The summed E-state index contributed by atoms with van der Waals surface area (Å²) in [5, 5.41) is 10.6. The molecule has 1 atom stereocenters. The van der Waals surface area contributed by atoms with Gasteiger partial charge in [-0.15, -0.1) is 11.8 Å². The number of aliphatic carboxylic acids is 1. The molecule has 1 unspecified atom stereocenters. The first-order valence-corrected chi connectivity index (χ1v) is 7.06. The number of hydrogen-bond acceptors (Lipinski definition) is 5. The fourth-order valence-corrected chi connectivity index (χ4v) is 2.71. The second-order valence-corrected chi connectivity index (χ2v) is 5.46. The van der Waals surface area contributed by atoms with E-state index in [1.165, 1.54) is 11.8 Å². The van der Waals surface area contributed by atoms with Crippen LogP contribution in [0.25, 0.3) is 10.9 Å². The lowest BCUT2D eigenvalue weighted by Gasteiger charge is -2.09. The molecule has 0 bridgehead atoms. The number of nitrogens with two attached hydrogens (primary N) is 1. The number of aromatic nitrogens is 1. The van der Waals surface area contributed by atoms with Crippen molar-refractivity contribution in [3.05, 3.63) is 29.8 Å². The van der Waals surface area contributed by atoms with E-state index < -0.39 is 12.0 Å². The molecule has 0 aliphatic carbocycles. The Morgan fingerprint density at radius 2 is 2.25 bits per heavy atom. The predicted molar refractivity (Wildman–Crippen MR) is 79.4 cm³/mol. The van der Waals surface area contributed by atoms with Crippen LogP contribution in [0.4, 0.5) is 0 Å². The summed E-state index contributed by atoms with van der Waals surface area (Å²) in [6, 6.07) is 6.73. The summed E-state index contributed by atoms with van der Waals surface area (Å²) in [6.45, 7) is 1.99. The molecule has 2 aromatic rings. The molecule has 5 nitrogen and oxygen atoms in total. The number of ether oxygens (including phenoxy) is 1. The zero-order valence-corrected chi connectivity index (χ0v) is 12.1. The first-order chi connectivity index (χ1) is 9.51. The number of thioether (sulfide) groups is 1. The van der Waals surface area contributed by atoms with E-state index in [-0.39, 0.29) is 0 Å². The molecule has 6 heteroatoms. The van der Waals surface area contributed by atoms with Crippen LogP contribution in [0.5, 0.6) is 5.75 Å². The zero-order valence-electron chi connectivity index (χ0n) is 11.3. The van der Waals surface area contributed by atoms with E-state index >= 15 is 0 Å². The van der Waals surface area contributed by atoms with Crippen LogP contribution in [0.15, 0.2) is 29.3 Å². The van der Waals surface area contributed by atoms with Crippen molar-refractivity contribution in [1.82, 2.24) is 4.98 Å². The molecule has 1 aromatic carbocycles. The topological polar surface area (TPSA) is 85.4 Å². The van der Waals surface area contributed by atoms with Crippen molar-refractivity contribution >= 4 is 28.6 Å². The summed E-state index contributed by atoms with van der Waals surface area (Å²) in [5.74, 6) is 0.0825. The summed E-state index contributed by atoms with van der Waals surface area (Å²) in [5.41, 5.74) is 7.42. The van der Waals surface area contributed by atoms with E-state index in [0.717, 1.165) is 27.2 Å². The average Bonchev–Trinajstić information content (AvgIpc) is 2.44. The molecule has 0 amide bonds. The number of aryl methyl sites for hydroxylation is 1. The Morgan fingerprint density at radius 1 is 1.50 bits per heavy atom. The number of benzene rings is 1. The minimum atomic E-state index is -1.00. The lowest BCUT2D eigenvalue weighted by Crippen LogP contribution is -2.32. The molecular weight excluding hydrogens is 276 g/mol. The molecule has 106 valence electrons. The van der Waals surface area contributed by atoms with Gasteiger partial charge in [-0.2, -0.15) is 0 Å². The van der Waals surface area contributed by atoms with Crippen LogP contribution < -0.4 is 10.5 Å². The quantitative estimate of drug-likeness (QED) is 0.820.